The summed E-state index contributed by atoms with van der Waals surface area (Å²) in [5.74, 6) is 0.635. The third-order valence-corrected chi connectivity index (χ3v) is 2.74. The molecule has 1 aliphatic heterocycles. The zero-order valence-corrected chi connectivity index (χ0v) is 9.66. The summed E-state index contributed by atoms with van der Waals surface area (Å²) in [7, 11) is 0. The molecule has 1 heterocycles. The van der Waals surface area contributed by atoms with Crippen molar-refractivity contribution in [3.05, 3.63) is 28.2 Å². The van der Waals surface area contributed by atoms with E-state index in [0.717, 1.165) is 17.5 Å². The minimum absolute atomic E-state index is 0.0817. The molecular weight excluding hydrogens is 258 g/mol. The van der Waals surface area contributed by atoms with E-state index in [1.54, 1.807) is 12.1 Å². The van der Waals surface area contributed by atoms with Gasteiger partial charge in [-0.25, -0.2) is 0 Å². The van der Waals surface area contributed by atoms with Crippen LogP contribution in [0.4, 0.5) is 0 Å². The SMILES string of the molecule is N#Cc1cc(Br)ccc1OC1CCOC1. The van der Waals surface area contributed by atoms with Gasteiger partial charge in [0.05, 0.1) is 18.8 Å². The van der Waals surface area contributed by atoms with E-state index in [2.05, 4.69) is 22.0 Å². The number of rotatable bonds is 2. The fourth-order valence-corrected chi connectivity index (χ4v) is 1.84. The Labute approximate surface area is 96.7 Å². The second-order valence-electron chi connectivity index (χ2n) is 3.36. The molecule has 3 nitrogen and oxygen atoms in total. The highest BCUT2D eigenvalue weighted by atomic mass is 79.9. The lowest BCUT2D eigenvalue weighted by Gasteiger charge is -2.12. The lowest BCUT2D eigenvalue weighted by molar-refractivity contribution is 0.141. The van der Waals surface area contributed by atoms with Gasteiger partial charge in [-0.05, 0) is 18.2 Å². The summed E-state index contributed by atoms with van der Waals surface area (Å²) in [6.45, 7) is 1.35. The molecule has 1 fully saturated rings. The van der Waals surface area contributed by atoms with Crippen LogP contribution in [0.3, 0.4) is 0 Å². The van der Waals surface area contributed by atoms with Crippen LogP contribution in [0.15, 0.2) is 22.7 Å². The molecule has 0 radical (unpaired) electrons. The Morgan fingerprint density at radius 1 is 1.53 bits per heavy atom. The molecule has 0 aromatic heterocycles. The Bertz CT molecular complexity index is 394. The third-order valence-electron chi connectivity index (χ3n) is 2.24. The molecule has 1 unspecified atom stereocenters. The van der Waals surface area contributed by atoms with Gasteiger partial charge in [-0.2, -0.15) is 5.26 Å². The molecule has 1 atom stereocenters. The summed E-state index contributed by atoms with van der Waals surface area (Å²) in [5.41, 5.74) is 0.552. The van der Waals surface area contributed by atoms with Gasteiger partial charge in [0.25, 0.3) is 0 Å². The molecule has 1 saturated heterocycles. The molecule has 0 amide bonds. The van der Waals surface area contributed by atoms with Crippen molar-refractivity contribution in [2.75, 3.05) is 13.2 Å². The third kappa shape index (κ3) is 2.49. The molecule has 1 aromatic carbocycles. The molecule has 2 rings (SSSR count). The van der Waals surface area contributed by atoms with Crippen LogP contribution in [-0.4, -0.2) is 19.3 Å². The van der Waals surface area contributed by atoms with E-state index in [1.165, 1.54) is 0 Å². The lowest BCUT2D eigenvalue weighted by Crippen LogP contribution is -2.16. The Morgan fingerprint density at radius 3 is 3.07 bits per heavy atom. The minimum Gasteiger partial charge on any atom is -0.487 e. The average Bonchev–Trinajstić information content (AvgIpc) is 2.73. The number of hydrogen-bond donors (Lipinski definition) is 0. The van der Waals surface area contributed by atoms with Crippen LogP contribution >= 0.6 is 15.9 Å². The van der Waals surface area contributed by atoms with Gasteiger partial charge in [-0.3, -0.25) is 0 Å². The molecule has 1 aromatic rings. The van der Waals surface area contributed by atoms with Crippen LogP contribution in [0, 0.1) is 11.3 Å². The first-order chi connectivity index (χ1) is 7.29. The van der Waals surface area contributed by atoms with Crippen LogP contribution in [0.2, 0.25) is 0 Å². The van der Waals surface area contributed by atoms with Crippen molar-refractivity contribution < 1.29 is 9.47 Å². The van der Waals surface area contributed by atoms with Gasteiger partial charge in [-0.1, -0.05) is 15.9 Å². The standard InChI is InChI=1S/C11H10BrNO2/c12-9-1-2-11(8(5-9)6-13)15-10-3-4-14-7-10/h1-2,5,10H,3-4,7H2. The molecule has 0 N–H and O–H groups in total. The fourth-order valence-electron chi connectivity index (χ4n) is 1.48. The topological polar surface area (TPSA) is 42.2 Å². The largest absolute Gasteiger partial charge is 0.487 e. The predicted octanol–water partition coefficient (Wildman–Crippen LogP) is 2.49. The Balaban J connectivity index is 2.16. The number of benzene rings is 1. The number of ether oxygens (including phenoxy) is 2. The van der Waals surface area contributed by atoms with Crippen LogP contribution < -0.4 is 4.74 Å². The Morgan fingerprint density at radius 2 is 2.40 bits per heavy atom. The molecule has 15 heavy (non-hydrogen) atoms. The van der Waals surface area contributed by atoms with Crippen LogP contribution in [0.5, 0.6) is 5.75 Å². The number of halogens is 1. The van der Waals surface area contributed by atoms with Gasteiger partial charge < -0.3 is 9.47 Å². The van der Waals surface area contributed by atoms with E-state index in [1.807, 2.05) is 6.07 Å². The van der Waals surface area contributed by atoms with Gasteiger partial charge in [0.1, 0.15) is 17.9 Å². The van der Waals surface area contributed by atoms with E-state index in [9.17, 15) is 0 Å². The molecule has 0 spiro atoms. The highest BCUT2D eigenvalue weighted by Gasteiger charge is 2.18. The van der Waals surface area contributed by atoms with E-state index in [0.29, 0.717) is 17.9 Å². The number of nitriles is 1. The van der Waals surface area contributed by atoms with E-state index >= 15 is 0 Å². The first kappa shape index (κ1) is 10.5. The molecule has 4 heteroatoms. The molecule has 0 saturated carbocycles. The van der Waals surface area contributed by atoms with Gasteiger partial charge in [0, 0.05) is 10.9 Å². The van der Waals surface area contributed by atoms with E-state index in [-0.39, 0.29) is 6.10 Å². The quantitative estimate of drug-likeness (QED) is 0.827. The van der Waals surface area contributed by atoms with Gasteiger partial charge in [0.15, 0.2) is 0 Å². The lowest BCUT2D eigenvalue weighted by atomic mass is 10.2. The van der Waals surface area contributed by atoms with Crippen molar-refractivity contribution in [3.8, 4) is 11.8 Å². The van der Waals surface area contributed by atoms with Crippen LogP contribution in [-0.2, 0) is 4.74 Å². The smallest absolute Gasteiger partial charge is 0.137 e. The van der Waals surface area contributed by atoms with Gasteiger partial charge in [-0.15, -0.1) is 0 Å². The van der Waals surface area contributed by atoms with E-state index in [4.69, 9.17) is 14.7 Å². The van der Waals surface area contributed by atoms with Crippen molar-refractivity contribution in [3.63, 3.8) is 0 Å². The normalized spacial score (nSPS) is 19.9. The maximum atomic E-state index is 8.93. The Hall–Kier alpha value is -1.05. The van der Waals surface area contributed by atoms with Crippen LogP contribution in [0.25, 0.3) is 0 Å². The maximum absolute atomic E-state index is 8.93. The van der Waals surface area contributed by atoms with Gasteiger partial charge >= 0.3 is 0 Å². The summed E-state index contributed by atoms with van der Waals surface area (Å²) >= 11 is 3.32. The first-order valence-electron chi connectivity index (χ1n) is 4.73. The monoisotopic (exact) mass is 267 g/mol. The minimum atomic E-state index is 0.0817. The van der Waals surface area contributed by atoms with Crippen molar-refractivity contribution in [1.29, 1.82) is 5.26 Å². The number of hydrogen-bond acceptors (Lipinski definition) is 3. The van der Waals surface area contributed by atoms with Crippen molar-refractivity contribution >= 4 is 15.9 Å². The highest BCUT2D eigenvalue weighted by molar-refractivity contribution is 9.10. The van der Waals surface area contributed by atoms with Crippen molar-refractivity contribution in [2.24, 2.45) is 0 Å². The summed E-state index contributed by atoms with van der Waals surface area (Å²) in [5, 5.41) is 8.93. The molecule has 78 valence electrons. The summed E-state index contributed by atoms with van der Waals surface area (Å²) in [6, 6.07) is 7.54. The number of nitrogens with zero attached hydrogens (tertiary/aromatic N) is 1. The summed E-state index contributed by atoms with van der Waals surface area (Å²) in [4.78, 5) is 0. The molecular formula is C11H10BrNO2. The van der Waals surface area contributed by atoms with Crippen LogP contribution in [0.1, 0.15) is 12.0 Å². The first-order valence-corrected chi connectivity index (χ1v) is 5.53. The van der Waals surface area contributed by atoms with Crippen molar-refractivity contribution in [2.45, 2.75) is 12.5 Å². The summed E-state index contributed by atoms with van der Waals surface area (Å²) in [6.07, 6.45) is 0.972. The zero-order valence-electron chi connectivity index (χ0n) is 8.07. The second-order valence-corrected chi connectivity index (χ2v) is 4.27. The maximum Gasteiger partial charge on any atom is 0.137 e. The van der Waals surface area contributed by atoms with Gasteiger partial charge in [0.2, 0.25) is 0 Å². The van der Waals surface area contributed by atoms with Crippen molar-refractivity contribution in [1.82, 2.24) is 0 Å². The molecule has 0 bridgehead atoms. The average molecular weight is 268 g/mol. The fraction of sp³-hybridized carbons (Fsp3) is 0.364. The highest BCUT2D eigenvalue weighted by Crippen LogP contribution is 2.24. The molecule has 0 aliphatic carbocycles. The molecule has 1 aliphatic rings. The Kier molecular flexibility index (Phi) is 3.24. The second kappa shape index (κ2) is 4.65. The predicted molar refractivity (Wildman–Crippen MR) is 58.7 cm³/mol. The van der Waals surface area contributed by atoms with E-state index < -0.39 is 0 Å². The zero-order chi connectivity index (χ0) is 10.7. The summed E-state index contributed by atoms with van der Waals surface area (Å²) < 4.78 is 11.8.